The van der Waals surface area contributed by atoms with Crippen LogP contribution in [0.5, 0.6) is 0 Å². The maximum absolute atomic E-state index is 12.6. The van der Waals surface area contributed by atoms with E-state index in [1.807, 2.05) is 13.8 Å². The molecule has 0 unspecified atom stereocenters. The molecule has 2 rings (SSSR count). The third-order valence-electron chi connectivity index (χ3n) is 4.14. The Hall–Kier alpha value is -2.11. The van der Waals surface area contributed by atoms with Crippen molar-refractivity contribution in [3.63, 3.8) is 0 Å². The Balaban J connectivity index is 2.51. The molecule has 1 aliphatic heterocycles. The van der Waals surface area contributed by atoms with E-state index in [1.165, 1.54) is 6.07 Å². The molecule has 108 valence electrons. The minimum absolute atomic E-state index is 0.118. The van der Waals surface area contributed by atoms with E-state index in [4.69, 9.17) is 0 Å². The minimum Gasteiger partial charge on any atom is -0.477 e. The Morgan fingerprint density at radius 3 is 2.45 bits per heavy atom. The fourth-order valence-corrected chi connectivity index (χ4v) is 2.75. The van der Waals surface area contributed by atoms with Crippen molar-refractivity contribution in [3.05, 3.63) is 17.5 Å². The van der Waals surface area contributed by atoms with Crippen molar-refractivity contribution in [2.75, 3.05) is 4.90 Å². The molecule has 6 nitrogen and oxygen atoms in total. The first-order valence-corrected chi connectivity index (χ1v) is 6.66. The van der Waals surface area contributed by atoms with Crippen LogP contribution < -0.4 is 4.90 Å². The van der Waals surface area contributed by atoms with Crippen molar-refractivity contribution in [1.29, 1.82) is 0 Å². The van der Waals surface area contributed by atoms with Crippen LogP contribution in [0.1, 0.15) is 49.3 Å². The van der Waals surface area contributed by atoms with Gasteiger partial charge in [-0.15, -0.1) is 0 Å². The van der Waals surface area contributed by atoms with Crippen LogP contribution in [-0.4, -0.2) is 27.9 Å². The van der Waals surface area contributed by atoms with Gasteiger partial charge in [0, 0.05) is 12.1 Å². The van der Waals surface area contributed by atoms with Gasteiger partial charge in [0.05, 0.1) is 11.1 Å². The van der Waals surface area contributed by atoms with E-state index in [0.717, 1.165) is 4.90 Å². The SMILES string of the molecule is CCC1(CC)CC(=O)N(c2cc(C)[nH]c2C(=O)O)C1=O. The molecule has 20 heavy (non-hydrogen) atoms. The zero-order valence-corrected chi connectivity index (χ0v) is 11.8. The van der Waals surface area contributed by atoms with Crippen molar-refractivity contribution < 1.29 is 19.5 Å². The summed E-state index contributed by atoms with van der Waals surface area (Å²) in [7, 11) is 0. The Bertz CT molecular complexity index is 584. The van der Waals surface area contributed by atoms with Crippen LogP contribution >= 0.6 is 0 Å². The number of imide groups is 1. The lowest BCUT2D eigenvalue weighted by Crippen LogP contribution is -2.35. The van der Waals surface area contributed by atoms with Crippen molar-refractivity contribution in [2.24, 2.45) is 5.41 Å². The van der Waals surface area contributed by atoms with Crippen LogP contribution in [0.3, 0.4) is 0 Å². The van der Waals surface area contributed by atoms with Gasteiger partial charge >= 0.3 is 5.97 Å². The van der Waals surface area contributed by atoms with Crippen LogP contribution in [0, 0.1) is 12.3 Å². The number of carbonyl (C=O) groups excluding carboxylic acids is 2. The molecule has 0 saturated carbocycles. The number of anilines is 1. The number of aromatic amines is 1. The highest BCUT2D eigenvalue weighted by Gasteiger charge is 2.50. The molecule has 0 bridgehead atoms. The van der Waals surface area contributed by atoms with Crippen LogP contribution in [0.2, 0.25) is 0 Å². The quantitative estimate of drug-likeness (QED) is 0.825. The van der Waals surface area contributed by atoms with E-state index in [0.29, 0.717) is 18.5 Å². The average molecular weight is 278 g/mol. The van der Waals surface area contributed by atoms with Crippen molar-refractivity contribution >= 4 is 23.5 Å². The lowest BCUT2D eigenvalue weighted by atomic mass is 9.81. The molecule has 2 N–H and O–H groups in total. The summed E-state index contributed by atoms with van der Waals surface area (Å²) in [6, 6.07) is 1.53. The third-order valence-corrected chi connectivity index (χ3v) is 4.14. The average Bonchev–Trinajstić information content (AvgIpc) is 2.88. The van der Waals surface area contributed by atoms with Gasteiger partial charge in [-0.05, 0) is 25.8 Å². The summed E-state index contributed by atoms with van der Waals surface area (Å²) < 4.78 is 0. The van der Waals surface area contributed by atoms with Crippen molar-refractivity contribution in [2.45, 2.75) is 40.0 Å². The number of carboxylic acid groups (broad SMARTS) is 1. The molecule has 1 saturated heterocycles. The molecule has 2 amide bonds. The predicted molar refractivity (Wildman–Crippen MR) is 72.6 cm³/mol. The van der Waals surface area contributed by atoms with Crippen LogP contribution in [0.15, 0.2) is 6.07 Å². The topological polar surface area (TPSA) is 90.5 Å². The maximum Gasteiger partial charge on any atom is 0.354 e. The number of carboxylic acids is 1. The standard InChI is InChI=1S/C14H18N2O4/c1-4-14(5-2)7-10(17)16(13(14)20)9-6-8(3)15-11(9)12(18)19/h6,15H,4-5,7H2,1-3H3,(H,18,19). The van der Waals surface area contributed by atoms with Crippen molar-refractivity contribution in [3.8, 4) is 0 Å². The molecular weight excluding hydrogens is 260 g/mol. The normalized spacial score (nSPS) is 17.9. The second-order valence-electron chi connectivity index (χ2n) is 5.22. The molecule has 0 spiro atoms. The number of hydrogen-bond donors (Lipinski definition) is 2. The summed E-state index contributed by atoms with van der Waals surface area (Å²) in [6.45, 7) is 5.44. The largest absolute Gasteiger partial charge is 0.477 e. The summed E-state index contributed by atoms with van der Waals surface area (Å²) in [5.41, 5.74) is -0.0673. The molecular formula is C14H18N2O4. The van der Waals surface area contributed by atoms with Gasteiger partial charge in [-0.25, -0.2) is 9.69 Å². The number of hydrogen-bond acceptors (Lipinski definition) is 3. The van der Waals surface area contributed by atoms with Crippen LogP contribution in [0.25, 0.3) is 0 Å². The second-order valence-corrected chi connectivity index (χ2v) is 5.22. The van der Waals surface area contributed by atoms with Gasteiger partial charge in [0.2, 0.25) is 11.8 Å². The molecule has 0 aromatic carbocycles. The lowest BCUT2D eigenvalue weighted by Gasteiger charge is -2.23. The van der Waals surface area contributed by atoms with Gasteiger partial charge in [-0.1, -0.05) is 13.8 Å². The number of aromatic carboxylic acids is 1. The van der Waals surface area contributed by atoms with Gasteiger partial charge in [0.1, 0.15) is 5.69 Å². The lowest BCUT2D eigenvalue weighted by molar-refractivity contribution is -0.126. The van der Waals surface area contributed by atoms with E-state index in [9.17, 15) is 19.5 Å². The molecule has 1 aromatic heterocycles. The Kier molecular flexibility index (Phi) is 3.41. The molecule has 1 aliphatic rings. The summed E-state index contributed by atoms with van der Waals surface area (Å²) in [5.74, 6) is -1.81. The summed E-state index contributed by atoms with van der Waals surface area (Å²) >= 11 is 0. The van der Waals surface area contributed by atoms with Gasteiger partial charge in [-0.3, -0.25) is 9.59 Å². The van der Waals surface area contributed by atoms with E-state index in [-0.39, 0.29) is 29.6 Å². The van der Waals surface area contributed by atoms with E-state index in [2.05, 4.69) is 4.98 Å². The highest BCUT2D eigenvalue weighted by atomic mass is 16.4. The van der Waals surface area contributed by atoms with E-state index >= 15 is 0 Å². The first-order valence-electron chi connectivity index (χ1n) is 6.66. The van der Waals surface area contributed by atoms with Crippen LogP contribution in [0.4, 0.5) is 5.69 Å². The first-order chi connectivity index (χ1) is 9.36. The number of carbonyl (C=O) groups is 3. The molecule has 2 heterocycles. The number of rotatable bonds is 4. The maximum atomic E-state index is 12.6. The summed E-state index contributed by atoms with van der Waals surface area (Å²) in [6.07, 6.45) is 1.27. The van der Waals surface area contributed by atoms with E-state index in [1.54, 1.807) is 6.92 Å². The van der Waals surface area contributed by atoms with Crippen molar-refractivity contribution in [1.82, 2.24) is 4.98 Å². The fourth-order valence-electron chi connectivity index (χ4n) is 2.75. The molecule has 1 fully saturated rings. The van der Waals surface area contributed by atoms with Gasteiger partial charge < -0.3 is 10.1 Å². The van der Waals surface area contributed by atoms with Gasteiger partial charge in [-0.2, -0.15) is 0 Å². The summed E-state index contributed by atoms with van der Waals surface area (Å²) in [5, 5.41) is 9.18. The first kappa shape index (κ1) is 14.3. The van der Waals surface area contributed by atoms with E-state index < -0.39 is 11.4 Å². The van der Waals surface area contributed by atoms with Gasteiger partial charge in [0.25, 0.3) is 0 Å². The molecule has 6 heteroatoms. The molecule has 0 atom stereocenters. The number of aryl methyl sites for hydroxylation is 1. The number of nitrogens with one attached hydrogen (secondary N) is 1. The number of amides is 2. The zero-order chi connectivity index (χ0) is 15.1. The smallest absolute Gasteiger partial charge is 0.354 e. The molecule has 0 aliphatic carbocycles. The monoisotopic (exact) mass is 278 g/mol. The van der Waals surface area contributed by atoms with Gasteiger partial charge in [0.15, 0.2) is 0 Å². The zero-order valence-electron chi connectivity index (χ0n) is 11.8. The number of nitrogens with zero attached hydrogens (tertiary/aromatic N) is 1. The Morgan fingerprint density at radius 1 is 1.40 bits per heavy atom. The minimum atomic E-state index is -1.18. The third kappa shape index (κ3) is 1.92. The Labute approximate surface area is 116 Å². The summed E-state index contributed by atoms with van der Waals surface area (Å²) in [4.78, 5) is 39.7. The fraction of sp³-hybridized carbons (Fsp3) is 0.500. The predicted octanol–water partition coefficient (Wildman–Crippen LogP) is 2.09. The number of H-pyrrole nitrogens is 1. The molecule has 1 aromatic rings. The highest BCUT2D eigenvalue weighted by Crippen LogP contribution is 2.42. The Morgan fingerprint density at radius 2 is 2.00 bits per heavy atom. The number of aromatic nitrogens is 1. The van der Waals surface area contributed by atoms with Crippen LogP contribution in [-0.2, 0) is 9.59 Å². The highest BCUT2D eigenvalue weighted by molar-refractivity contribution is 6.24. The molecule has 0 radical (unpaired) electrons. The second kappa shape index (κ2) is 4.77.